The van der Waals surface area contributed by atoms with E-state index in [-0.39, 0.29) is 5.91 Å². The van der Waals surface area contributed by atoms with Crippen molar-refractivity contribution in [1.82, 2.24) is 0 Å². The van der Waals surface area contributed by atoms with E-state index in [1.165, 1.54) is 15.9 Å². The lowest BCUT2D eigenvalue weighted by atomic mass is 10.2. The molecule has 0 heterocycles. The van der Waals surface area contributed by atoms with Gasteiger partial charge in [0.15, 0.2) is 0 Å². The van der Waals surface area contributed by atoms with Crippen molar-refractivity contribution in [2.24, 2.45) is 0 Å². The van der Waals surface area contributed by atoms with Crippen molar-refractivity contribution in [2.45, 2.75) is 0 Å². The van der Waals surface area contributed by atoms with Gasteiger partial charge in [-0.25, -0.2) is 0 Å². The van der Waals surface area contributed by atoms with Crippen LogP contribution in [0.25, 0.3) is 6.08 Å². The van der Waals surface area contributed by atoms with E-state index < -0.39 is 7.92 Å². The monoisotopic (exact) mass is 483 g/mol. The van der Waals surface area contributed by atoms with Crippen LogP contribution in [0.5, 0.6) is 0 Å². The molecule has 3 heteroatoms. The highest BCUT2D eigenvalue weighted by atomic mass is 31.1. The fourth-order valence-electron chi connectivity index (χ4n) is 4.21. The van der Waals surface area contributed by atoms with Crippen LogP contribution in [0.15, 0.2) is 152 Å². The maximum Gasteiger partial charge on any atom is 0.255 e. The number of para-hydroxylation sites is 2. The Morgan fingerprint density at radius 2 is 0.944 bits per heavy atom. The Hall–Kier alpha value is -4.26. The number of rotatable bonds is 7. The molecule has 0 bridgehead atoms. The average Bonchev–Trinajstić information content (AvgIpc) is 2.95. The molecule has 0 aliphatic carbocycles. The Morgan fingerprint density at radius 1 is 0.528 bits per heavy atom. The number of anilines is 2. The molecule has 2 nitrogen and oxygen atoms in total. The van der Waals surface area contributed by atoms with E-state index in [1.54, 1.807) is 11.0 Å². The average molecular weight is 484 g/mol. The second-order valence-electron chi connectivity index (χ2n) is 8.24. The van der Waals surface area contributed by atoms with Crippen LogP contribution in [-0.2, 0) is 4.79 Å². The van der Waals surface area contributed by atoms with E-state index in [0.717, 1.165) is 16.9 Å². The minimum absolute atomic E-state index is 0.0917. The highest BCUT2D eigenvalue weighted by Crippen LogP contribution is 2.34. The first kappa shape index (κ1) is 23.5. The lowest BCUT2D eigenvalue weighted by molar-refractivity contribution is -0.113. The molecular formula is C33H26NOP. The Labute approximate surface area is 213 Å². The zero-order valence-corrected chi connectivity index (χ0v) is 20.7. The molecule has 0 fully saturated rings. The fourth-order valence-corrected chi connectivity index (χ4v) is 6.64. The molecule has 5 aromatic carbocycles. The third-order valence-electron chi connectivity index (χ3n) is 5.86. The van der Waals surface area contributed by atoms with E-state index in [2.05, 4.69) is 66.7 Å². The molecule has 5 rings (SSSR count). The summed E-state index contributed by atoms with van der Waals surface area (Å²) in [6.07, 6.45) is 3.64. The SMILES string of the molecule is O=C(/C=C/c1ccccc1P(c1ccccc1)c1ccccc1)N(c1ccccc1)c1ccccc1. The second-order valence-corrected chi connectivity index (χ2v) is 10.4. The summed E-state index contributed by atoms with van der Waals surface area (Å²) < 4.78 is 0. The molecule has 0 aliphatic heterocycles. The van der Waals surface area contributed by atoms with Crippen LogP contribution in [0.3, 0.4) is 0 Å². The van der Waals surface area contributed by atoms with Gasteiger partial charge in [-0.2, -0.15) is 0 Å². The van der Waals surface area contributed by atoms with Gasteiger partial charge >= 0.3 is 0 Å². The van der Waals surface area contributed by atoms with Crippen molar-refractivity contribution in [2.75, 3.05) is 4.90 Å². The number of nitrogens with zero attached hydrogens (tertiary/aromatic N) is 1. The normalized spacial score (nSPS) is 11.0. The molecule has 0 saturated heterocycles. The number of amides is 1. The summed E-state index contributed by atoms with van der Waals surface area (Å²) in [6.45, 7) is 0. The van der Waals surface area contributed by atoms with Crippen LogP contribution >= 0.6 is 7.92 Å². The number of benzene rings is 5. The van der Waals surface area contributed by atoms with E-state index in [0.29, 0.717) is 0 Å². The van der Waals surface area contributed by atoms with Crippen molar-refractivity contribution in [3.05, 3.63) is 157 Å². The molecule has 0 atom stereocenters. The third-order valence-corrected chi connectivity index (χ3v) is 8.38. The molecule has 1 amide bonds. The van der Waals surface area contributed by atoms with E-state index >= 15 is 0 Å². The zero-order chi connectivity index (χ0) is 24.6. The van der Waals surface area contributed by atoms with Crippen LogP contribution in [0.4, 0.5) is 11.4 Å². The molecule has 0 aliphatic rings. The summed E-state index contributed by atoms with van der Waals surface area (Å²) in [5, 5.41) is 3.78. The maximum atomic E-state index is 13.6. The largest absolute Gasteiger partial charge is 0.278 e. The van der Waals surface area contributed by atoms with E-state index in [9.17, 15) is 4.79 Å². The molecule has 174 valence electrons. The summed E-state index contributed by atoms with van der Waals surface area (Å²) in [4.78, 5) is 15.3. The molecule has 0 unspecified atom stereocenters. The Bertz CT molecular complexity index is 1360. The lowest BCUT2D eigenvalue weighted by Crippen LogP contribution is -2.24. The van der Waals surface area contributed by atoms with Crippen molar-refractivity contribution in [3.63, 3.8) is 0 Å². The third kappa shape index (κ3) is 5.35. The Kier molecular flexibility index (Phi) is 7.46. The number of hydrogen-bond acceptors (Lipinski definition) is 1. The number of hydrogen-bond donors (Lipinski definition) is 0. The standard InChI is InChI=1S/C33H26NOP/c35-33(34(28-16-5-1-6-17-28)29-18-7-2-8-19-29)26-25-27-15-13-14-24-32(27)36(30-20-9-3-10-21-30)31-22-11-4-12-23-31/h1-26H/b26-25+. The van der Waals surface area contributed by atoms with Gasteiger partial charge in [0.05, 0.1) is 0 Å². The van der Waals surface area contributed by atoms with Crippen molar-refractivity contribution < 1.29 is 4.79 Å². The molecule has 5 aromatic rings. The van der Waals surface area contributed by atoms with Crippen LogP contribution < -0.4 is 20.8 Å². The lowest BCUT2D eigenvalue weighted by Gasteiger charge is -2.22. The minimum Gasteiger partial charge on any atom is -0.278 e. The van der Waals surface area contributed by atoms with Gasteiger partial charge in [-0.15, -0.1) is 0 Å². The highest BCUT2D eigenvalue weighted by Gasteiger charge is 2.19. The summed E-state index contributed by atoms with van der Waals surface area (Å²) in [7, 11) is -0.777. The van der Waals surface area contributed by atoms with Crippen molar-refractivity contribution in [3.8, 4) is 0 Å². The Morgan fingerprint density at radius 3 is 1.44 bits per heavy atom. The molecule has 0 spiro atoms. The van der Waals surface area contributed by atoms with Gasteiger partial charge in [0.25, 0.3) is 5.91 Å². The molecule has 0 saturated carbocycles. The van der Waals surface area contributed by atoms with Crippen LogP contribution in [0.2, 0.25) is 0 Å². The van der Waals surface area contributed by atoms with Crippen molar-refractivity contribution >= 4 is 47.2 Å². The predicted octanol–water partition coefficient (Wildman–Crippen LogP) is 6.82. The van der Waals surface area contributed by atoms with E-state index in [4.69, 9.17) is 0 Å². The van der Waals surface area contributed by atoms with Gasteiger partial charge in [-0.3, -0.25) is 9.69 Å². The second kappa shape index (κ2) is 11.4. The van der Waals surface area contributed by atoms with E-state index in [1.807, 2.05) is 84.9 Å². The summed E-state index contributed by atoms with van der Waals surface area (Å²) in [6, 6.07) is 49.1. The van der Waals surface area contributed by atoms with Crippen LogP contribution in [-0.4, -0.2) is 5.91 Å². The topological polar surface area (TPSA) is 20.3 Å². The van der Waals surface area contributed by atoms with Crippen molar-refractivity contribution in [1.29, 1.82) is 0 Å². The predicted molar refractivity (Wildman–Crippen MR) is 154 cm³/mol. The smallest absolute Gasteiger partial charge is 0.255 e. The summed E-state index contributed by atoms with van der Waals surface area (Å²) >= 11 is 0. The quantitative estimate of drug-likeness (QED) is 0.184. The van der Waals surface area contributed by atoms with Gasteiger partial charge in [-0.1, -0.05) is 121 Å². The van der Waals surface area contributed by atoms with Crippen LogP contribution in [0.1, 0.15) is 5.56 Å². The first-order chi connectivity index (χ1) is 17.8. The Balaban J connectivity index is 1.54. The maximum absolute atomic E-state index is 13.6. The van der Waals surface area contributed by atoms with Gasteiger partial charge in [0.1, 0.15) is 0 Å². The van der Waals surface area contributed by atoms with Gasteiger partial charge in [-0.05, 0) is 59.7 Å². The zero-order valence-electron chi connectivity index (χ0n) is 19.8. The van der Waals surface area contributed by atoms with Gasteiger partial charge < -0.3 is 0 Å². The molecule has 0 aromatic heterocycles. The first-order valence-corrected chi connectivity index (χ1v) is 13.3. The fraction of sp³-hybridized carbons (Fsp3) is 0. The first-order valence-electron chi connectivity index (χ1n) is 11.9. The minimum atomic E-state index is -0.777. The molecular weight excluding hydrogens is 457 g/mol. The van der Waals surface area contributed by atoms with Gasteiger partial charge in [0.2, 0.25) is 0 Å². The van der Waals surface area contributed by atoms with Gasteiger partial charge in [0, 0.05) is 17.5 Å². The molecule has 0 radical (unpaired) electrons. The number of carbonyl (C=O) groups is 1. The number of carbonyl (C=O) groups excluding carboxylic acids is 1. The van der Waals surface area contributed by atoms with Crippen LogP contribution in [0, 0.1) is 0 Å². The summed E-state index contributed by atoms with van der Waals surface area (Å²) in [5.41, 5.74) is 2.72. The molecule has 0 N–H and O–H groups in total. The summed E-state index contributed by atoms with van der Waals surface area (Å²) in [5.74, 6) is -0.0917. The molecule has 36 heavy (non-hydrogen) atoms. The highest BCUT2D eigenvalue weighted by molar-refractivity contribution is 7.80.